The number of rotatable bonds is 5. The summed E-state index contributed by atoms with van der Waals surface area (Å²) in [5, 5.41) is 21.3. The zero-order valence-corrected chi connectivity index (χ0v) is 15.1. The van der Waals surface area contributed by atoms with Crippen LogP contribution in [-0.2, 0) is 4.79 Å². The van der Waals surface area contributed by atoms with Gasteiger partial charge in [-0.05, 0) is 48.5 Å². The molecule has 0 spiro atoms. The summed E-state index contributed by atoms with van der Waals surface area (Å²) in [4.78, 5) is 23.2. The molecule has 0 unspecified atom stereocenters. The van der Waals surface area contributed by atoms with Crippen LogP contribution in [0.2, 0.25) is 5.02 Å². The van der Waals surface area contributed by atoms with Gasteiger partial charge in [-0.3, -0.25) is 4.79 Å². The van der Waals surface area contributed by atoms with Crippen molar-refractivity contribution in [2.24, 2.45) is 0 Å². The van der Waals surface area contributed by atoms with Gasteiger partial charge in [0.15, 0.2) is 0 Å². The van der Waals surface area contributed by atoms with E-state index >= 15 is 0 Å². The van der Waals surface area contributed by atoms with Crippen molar-refractivity contribution in [1.29, 1.82) is 5.26 Å². The number of aromatic carboxylic acids is 1. The summed E-state index contributed by atoms with van der Waals surface area (Å²) >= 11 is 5.97. The molecule has 6 nitrogen and oxygen atoms in total. The zero-order chi connectivity index (χ0) is 20.1. The Bertz CT molecular complexity index is 1110. The first kappa shape index (κ1) is 19.0. The molecule has 1 amide bonds. The van der Waals surface area contributed by atoms with E-state index < -0.39 is 11.9 Å². The molecule has 0 aliphatic carbocycles. The number of anilines is 1. The van der Waals surface area contributed by atoms with Crippen LogP contribution >= 0.6 is 11.6 Å². The van der Waals surface area contributed by atoms with Crippen LogP contribution in [0, 0.1) is 11.3 Å². The number of amides is 1. The largest absolute Gasteiger partial charge is 0.478 e. The maximum Gasteiger partial charge on any atom is 0.335 e. The number of furan rings is 1. The van der Waals surface area contributed by atoms with Crippen molar-refractivity contribution in [3.8, 4) is 17.4 Å². The fraction of sp³-hybridized carbons (Fsp3) is 0. The molecule has 0 fully saturated rings. The van der Waals surface area contributed by atoms with Gasteiger partial charge >= 0.3 is 5.97 Å². The van der Waals surface area contributed by atoms with Gasteiger partial charge in [-0.2, -0.15) is 5.26 Å². The SMILES string of the molecule is N#CC(=Cc1ccc(-c2cccc(Cl)c2)o1)C(=O)Nc1ccc(C(=O)O)cc1. The number of halogens is 1. The molecule has 0 bridgehead atoms. The van der Waals surface area contributed by atoms with Gasteiger partial charge in [-0.15, -0.1) is 0 Å². The van der Waals surface area contributed by atoms with Crippen molar-refractivity contribution in [2.45, 2.75) is 0 Å². The fourth-order valence-corrected chi connectivity index (χ4v) is 2.60. The predicted octanol–water partition coefficient (Wildman–Crippen LogP) is 4.84. The van der Waals surface area contributed by atoms with Gasteiger partial charge in [0.1, 0.15) is 23.2 Å². The first-order chi connectivity index (χ1) is 13.5. The molecule has 1 heterocycles. The monoisotopic (exact) mass is 392 g/mol. The second kappa shape index (κ2) is 8.25. The highest BCUT2D eigenvalue weighted by Gasteiger charge is 2.12. The van der Waals surface area contributed by atoms with Gasteiger partial charge in [0, 0.05) is 22.3 Å². The number of carbonyl (C=O) groups excluding carboxylic acids is 1. The summed E-state index contributed by atoms with van der Waals surface area (Å²) in [6.07, 6.45) is 1.33. The van der Waals surface area contributed by atoms with Gasteiger partial charge < -0.3 is 14.8 Å². The minimum Gasteiger partial charge on any atom is -0.478 e. The molecule has 0 radical (unpaired) electrons. The highest BCUT2D eigenvalue weighted by Crippen LogP contribution is 2.25. The van der Waals surface area contributed by atoms with Crippen molar-refractivity contribution in [2.75, 3.05) is 5.32 Å². The van der Waals surface area contributed by atoms with Crippen molar-refractivity contribution < 1.29 is 19.1 Å². The van der Waals surface area contributed by atoms with E-state index in [1.165, 1.54) is 30.3 Å². The normalized spacial score (nSPS) is 10.9. The minimum atomic E-state index is -1.07. The van der Waals surface area contributed by atoms with E-state index in [4.69, 9.17) is 21.1 Å². The van der Waals surface area contributed by atoms with E-state index in [-0.39, 0.29) is 11.1 Å². The molecule has 3 aromatic rings. The molecule has 28 heavy (non-hydrogen) atoms. The second-order valence-electron chi connectivity index (χ2n) is 5.72. The van der Waals surface area contributed by atoms with Crippen molar-refractivity contribution in [1.82, 2.24) is 0 Å². The minimum absolute atomic E-state index is 0.0955. The Kier molecular flexibility index (Phi) is 5.58. The molecular weight excluding hydrogens is 380 g/mol. The van der Waals surface area contributed by atoms with E-state index in [0.717, 1.165) is 5.56 Å². The number of benzene rings is 2. The van der Waals surface area contributed by atoms with E-state index in [1.54, 1.807) is 30.3 Å². The number of hydrogen-bond acceptors (Lipinski definition) is 4. The Balaban J connectivity index is 1.77. The molecule has 138 valence electrons. The third kappa shape index (κ3) is 4.47. The van der Waals surface area contributed by atoms with Gasteiger partial charge in [0.25, 0.3) is 5.91 Å². The maximum absolute atomic E-state index is 12.3. The molecule has 1 aromatic heterocycles. The molecule has 0 saturated heterocycles. The second-order valence-corrected chi connectivity index (χ2v) is 6.16. The fourth-order valence-electron chi connectivity index (χ4n) is 2.41. The Hall–Kier alpha value is -3.82. The molecule has 2 aromatic carbocycles. The number of nitrogens with zero attached hydrogens (tertiary/aromatic N) is 1. The summed E-state index contributed by atoms with van der Waals surface area (Å²) < 4.78 is 5.67. The van der Waals surface area contributed by atoms with Gasteiger partial charge in [0.05, 0.1) is 5.56 Å². The van der Waals surface area contributed by atoms with E-state index in [0.29, 0.717) is 22.2 Å². The number of carboxylic acids is 1. The Morgan fingerprint density at radius 1 is 1.11 bits per heavy atom. The molecule has 2 N–H and O–H groups in total. The third-order valence-electron chi connectivity index (χ3n) is 3.78. The average Bonchev–Trinajstić information content (AvgIpc) is 3.15. The first-order valence-electron chi connectivity index (χ1n) is 8.08. The lowest BCUT2D eigenvalue weighted by molar-refractivity contribution is -0.112. The Morgan fingerprint density at radius 3 is 2.50 bits per heavy atom. The smallest absolute Gasteiger partial charge is 0.335 e. The predicted molar refractivity (Wildman–Crippen MR) is 105 cm³/mol. The van der Waals surface area contributed by atoms with Crippen LogP contribution in [0.25, 0.3) is 17.4 Å². The van der Waals surface area contributed by atoms with Crippen LogP contribution in [0.1, 0.15) is 16.1 Å². The number of nitriles is 1. The van der Waals surface area contributed by atoms with Crippen LogP contribution in [0.5, 0.6) is 0 Å². The molecule has 0 aliphatic heterocycles. The molecule has 7 heteroatoms. The van der Waals surface area contributed by atoms with Crippen LogP contribution < -0.4 is 5.32 Å². The van der Waals surface area contributed by atoms with E-state index in [9.17, 15) is 14.9 Å². The number of hydrogen-bond donors (Lipinski definition) is 2. The maximum atomic E-state index is 12.3. The topological polar surface area (TPSA) is 103 Å². The molecule has 0 aliphatic rings. The zero-order valence-electron chi connectivity index (χ0n) is 14.3. The van der Waals surface area contributed by atoms with Crippen LogP contribution in [0.4, 0.5) is 5.69 Å². The molecule has 3 rings (SSSR count). The van der Waals surface area contributed by atoms with Crippen LogP contribution in [-0.4, -0.2) is 17.0 Å². The van der Waals surface area contributed by atoms with Crippen LogP contribution in [0.15, 0.2) is 70.7 Å². The third-order valence-corrected chi connectivity index (χ3v) is 4.01. The Labute approximate surface area is 165 Å². The van der Waals surface area contributed by atoms with Gasteiger partial charge in [-0.1, -0.05) is 23.7 Å². The summed E-state index contributed by atoms with van der Waals surface area (Å²) in [6, 6.07) is 17.9. The summed E-state index contributed by atoms with van der Waals surface area (Å²) in [7, 11) is 0. The average molecular weight is 393 g/mol. The first-order valence-corrected chi connectivity index (χ1v) is 8.46. The number of carbonyl (C=O) groups is 2. The Morgan fingerprint density at radius 2 is 1.86 bits per heavy atom. The van der Waals surface area contributed by atoms with E-state index in [2.05, 4.69) is 5.32 Å². The molecule has 0 atom stereocenters. The lowest BCUT2D eigenvalue weighted by atomic mass is 10.2. The summed E-state index contributed by atoms with van der Waals surface area (Å²) in [5.41, 5.74) is 1.08. The van der Waals surface area contributed by atoms with Crippen molar-refractivity contribution in [3.63, 3.8) is 0 Å². The lowest BCUT2D eigenvalue weighted by Gasteiger charge is -2.04. The summed E-state index contributed by atoms with van der Waals surface area (Å²) in [5.74, 6) is -0.811. The van der Waals surface area contributed by atoms with Crippen molar-refractivity contribution in [3.05, 3.63) is 82.6 Å². The number of carboxylic acid groups (broad SMARTS) is 1. The van der Waals surface area contributed by atoms with Gasteiger partial charge in [-0.25, -0.2) is 4.79 Å². The highest BCUT2D eigenvalue weighted by molar-refractivity contribution is 6.30. The quantitative estimate of drug-likeness (QED) is 0.477. The molecule has 0 saturated carbocycles. The lowest BCUT2D eigenvalue weighted by Crippen LogP contribution is -2.13. The molecular formula is C21H13ClN2O4. The number of nitrogens with one attached hydrogen (secondary N) is 1. The highest BCUT2D eigenvalue weighted by atomic mass is 35.5. The van der Waals surface area contributed by atoms with E-state index in [1.807, 2.05) is 12.1 Å². The standard InChI is InChI=1S/C21H13ClN2O4/c22-16-3-1-2-14(10-16)19-9-8-18(28-19)11-15(12-23)20(25)24-17-6-4-13(5-7-17)21(26)27/h1-11H,(H,24,25)(H,26,27). The van der Waals surface area contributed by atoms with Gasteiger partial charge in [0.2, 0.25) is 0 Å². The van der Waals surface area contributed by atoms with Crippen LogP contribution in [0.3, 0.4) is 0 Å². The van der Waals surface area contributed by atoms with Crippen molar-refractivity contribution >= 4 is 35.2 Å². The summed E-state index contributed by atoms with van der Waals surface area (Å²) in [6.45, 7) is 0.